The minimum absolute atomic E-state index is 0.149. The summed E-state index contributed by atoms with van der Waals surface area (Å²) in [5, 5.41) is 10.7. The second-order valence-electron chi connectivity index (χ2n) is 8.68. The number of hydrogen-bond donors (Lipinski definition) is 1. The Kier molecular flexibility index (Phi) is 7.36. The van der Waals surface area contributed by atoms with Crippen LogP contribution in [-0.4, -0.2) is 17.5 Å². The van der Waals surface area contributed by atoms with Gasteiger partial charge in [0.15, 0.2) is 6.29 Å². The van der Waals surface area contributed by atoms with E-state index in [9.17, 15) is 22.7 Å². The molecule has 7 heteroatoms. The SMILES string of the molecule is C=CC1=C(C=CC)CC(OC2OC2c2cc(F)cc(F)c2)C(CC(O)c2cc(F)cc(F)c2)C1. The minimum atomic E-state index is -1.11. The van der Waals surface area contributed by atoms with E-state index in [-0.39, 0.29) is 17.9 Å². The summed E-state index contributed by atoms with van der Waals surface area (Å²) in [5.74, 6) is -3.12. The van der Waals surface area contributed by atoms with Crippen LogP contribution >= 0.6 is 0 Å². The molecule has 2 aromatic rings. The zero-order chi connectivity index (χ0) is 24.4. The maximum Gasteiger partial charge on any atom is 0.189 e. The van der Waals surface area contributed by atoms with Crippen molar-refractivity contribution in [3.05, 3.63) is 107 Å². The Morgan fingerprint density at radius 2 is 1.62 bits per heavy atom. The summed E-state index contributed by atoms with van der Waals surface area (Å²) in [6.07, 6.45) is 4.10. The highest BCUT2D eigenvalue weighted by Gasteiger charge is 2.45. The molecule has 0 aromatic heterocycles. The molecule has 5 atom stereocenters. The Hall–Kier alpha value is -2.74. The van der Waals surface area contributed by atoms with Gasteiger partial charge in [-0.2, -0.15) is 0 Å². The molecule has 4 rings (SSSR count). The molecular formula is C27H26F4O3. The Morgan fingerprint density at radius 1 is 1.00 bits per heavy atom. The molecule has 3 nitrogen and oxygen atoms in total. The molecule has 1 aliphatic carbocycles. The van der Waals surface area contributed by atoms with Crippen molar-refractivity contribution >= 4 is 0 Å². The van der Waals surface area contributed by atoms with Crippen LogP contribution in [0.15, 0.2) is 72.4 Å². The van der Waals surface area contributed by atoms with Gasteiger partial charge in [-0.05, 0) is 78.6 Å². The van der Waals surface area contributed by atoms with Gasteiger partial charge in [0, 0.05) is 12.1 Å². The van der Waals surface area contributed by atoms with Gasteiger partial charge >= 0.3 is 0 Å². The van der Waals surface area contributed by atoms with Crippen LogP contribution in [0.25, 0.3) is 0 Å². The first kappa shape index (κ1) is 24.4. The zero-order valence-electron chi connectivity index (χ0n) is 18.7. The molecule has 2 aliphatic rings. The van der Waals surface area contributed by atoms with Crippen LogP contribution in [-0.2, 0) is 9.47 Å². The summed E-state index contributed by atoms with van der Waals surface area (Å²) >= 11 is 0. The number of allylic oxidation sites excluding steroid dienone is 4. The molecule has 1 saturated heterocycles. The van der Waals surface area contributed by atoms with Gasteiger partial charge in [-0.1, -0.05) is 24.8 Å². The third kappa shape index (κ3) is 5.66. The fourth-order valence-corrected chi connectivity index (χ4v) is 4.58. The van der Waals surface area contributed by atoms with E-state index in [0.29, 0.717) is 18.4 Å². The summed E-state index contributed by atoms with van der Waals surface area (Å²) in [7, 11) is 0. The standard InChI is InChI=1S/C27H26F4O3/c1-3-5-16-12-25(33-27-26(34-27)19-9-22(30)14-23(31)10-19)18(6-15(16)4-2)11-24(32)17-7-20(28)13-21(29)8-17/h3-5,7-10,13-14,18,24-27,32H,2,6,11-12H2,1H3. The number of aliphatic hydroxyl groups excluding tert-OH is 1. The van der Waals surface area contributed by atoms with Gasteiger partial charge in [0.1, 0.15) is 29.4 Å². The minimum Gasteiger partial charge on any atom is -0.388 e. The van der Waals surface area contributed by atoms with Crippen molar-refractivity contribution in [1.29, 1.82) is 0 Å². The molecular weight excluding hydrogens is 448 g/mol. The molecule has 1 N–H and O–H groups in total. The van der Waals surface area contributed by atoms with Crippen molar-refractivity contribution in [2.24, 2.45) is 5.92 Å². The highest BCUT2D eigenvalue weighted by molar-refractivity contribution is 5.36. The largest absolute Gasteiger partial charge is 0.388 e. The molecule has 1 aliphatic heterocycles. The lowest BCUT2D eigenvalue weighted by Gasteiger charge is -2.34. The van der Waals surface area contributed by atoms with E-state index in [1.54, 1.807) is 6.08 Å². The predicted molar refractivity (Wildman–Crippen MR) is 120 cm³/mol. The number of benzene rings is 2. The maximum absolute atomic E-state index is 13.7. The quantitative estimate of drug-likeness (QED) is 0.345. The Labute approximate surface area is 196 Å². The normalized spacial score (nSPS) is 25.6. The third-order valence-electron chi connectivity index (χ3n) is 6.23. The van der Waals surface area contributed by atoms with Gasteiger partial charge in [-0.25, -0.2) is 17.6 Å². The molecule has 1 fully saturated rings. The number of epoxide rings is 1. The van der Waals surface area contributed by atoms with Gasteiger partial charge < -0.3 is 14.6 Å². The lowest BCUT2D eigenvalue weighted by Crippen LogP contribution is -2.31. The first-order valence-electron chi connectivity index (χ1n) is 11.2. The van der Waals surface area contributed by atoms with Crippen LogP contribution in [0.3, 0.4) is 0 Å². The second kappa shape index (κ2) is 10.3. The van der Waals surface area contributed by atoms with E-state index < -0.39 is 47.9 Å². The Balaban J connectivity index is 1.53. The fraction of sp³-hybridized carbons (Fsp3) is 0.333. The van der Waals surface area contributed by atoms with Crippen molar-refractivity contribution in [2.75, 3.05) is 0 Å². The number of aliphatic hydroxyl groups is 1. The predicted octanol–water partition coefficient (Wildman–Crippen LogP) is 6.62. The monoisotopic (exact) mass is 474 g/mol. The van der Waals surface area contributed by atoms with Crippen LogP contribution in [0, 0.1) is 29.2 Å². The Morgan fingerprint density at radius 3 is 2.21 bits per heavy atom. The van der Waals surface area contributed by atoms with E-state index in [4.69, 9.17) is 9.47 Å². The van der Waals surface area contributed by atoms with E-state index in [2.05, 4.69) is 6.58 Å². The van der Waals surface area contributed by atoms with Gasteiger partial charge in [-0.15, -0.1) is 0 Å². The van der Waals surface area contributed by atoms with E-state index >= 15 is 0 Å². The maximum atomic E-state index is 13.7. The summed E-state index contributed by atoms with van der Waals surface area (Å²) < 4.78 is 66.3. The van der Waals surface area contributed by atoms with Crippen molar-refractivity contribution in [2.45, 2.75) is 50.8 Å². The van der Waals surface area contributed by atoms with Crippen LogP contribution in [0.2, 0.25) is 0 Å². The average molecular weight is 474 g/mol. The molecule has 34 heavy (non-hydrogen) atoms. The molecule has 0 amide bonds. The van der Waals surface area contributed by atoms with Crippen LogP contribution in [0.5, 0.6) is 0 Å². The fourth-order valence-electron chi connectivity index (χ4n) is 4.58. The first-order chi connectivity index (χ1) is 16.3. The average Bonchev–Trinajstić information content (AvgIpc) is 3.53. The Bertz CT molecular complexity index is 1090. The van der Waals surface area contributed by atoms with Gasteiger partial charge in [0.25, 0.3) is 0 Å². The number of hydrogen-bond acceptors (Lipinski definition) is 3. The third-order valence-corrected chi connectivity index (χ3v) is 6.23. The zero-order valence-corrected chi connectivity index (χ0v) is 18.7. The van der Waals surface area contributed by atoms with Crippen molar-refractivity contribution in [3.63, 3.8) is 0 Å². The number of halogens is 4. The highest BCUT2D eigenvalue weighted by atomic mass is 19.1. The van der Waals surface area contributed by atoms with Crippen LogP contribution in [0.4, 0.5) is 17.6 Å². The van der Waals surface area contributed by atoms with Crippen LogP contribution < -0.4 is 0 Å². The van der Waals surface area contributed by atoms with Gasteiger partial charge in [0.2, 0.25) is 0 Å². The summed E-state index contributed by atoms with van der Waals surface area (Å²) in [4.78, 5) is 0. The molecule has 5 unspecified atom stereocenters. The highest BCUT2D eigenvalue weighted by Crippen LogP contribution is 2.45. The number of rotatable bonds is 8. The van der Waals surface area contributed by atoms with E-state index in [0.717, 1.165) is 35.4 Å². The first-order valence-corrected chi connectivity index (χ1v) is 11.2. The van der Waals surface area contributed by atoms with Crippen molar-refractivity contribution in [1.82, 2.24) is 0 Å². The van der Waals surface area contributed by atoms with Crippen molar-refractivity contribution < 1.29 is 32.1 Å². The lowest BCUT2D eigenvalue weighted by atomic mass is 9.78. The van der Waals surface area contributed by atoms with E-state index in [1.165, 1.54) is 12.1 Å². The second-order valence-corrected chi connectivity index (χ2v) is 8.68. The molecule has 0 bridgehead atoms. The smallest absolute Gasteiger partial charge is 0.189 e. The van der Waals surface area contributed by atoms with Crippen molar-refractivity contribution in [3.8, 4) is 0 Å². The van der Waals surface area contributed by atoms with Crippen LogP contribution in [0.1, 0.15) is 49.5 Å². The van der Waals surface area contributed by atoms with E-state index in [1.807, 2.05) is 19.1 Å². The van der Waals surface area contributed by atoms with Gasteiger partial charge in [0.05, 0.1) is 12.2 Å². The topological polar surface area (TPSA) is 42.0 Å². The lowest BCUT2D eigenvalue weighted by molar-refractivity contribution is -0.0537. The summed E-state index contributed by atoms with van der Waals surface area (Å²) in [5.41, 5.74) is 2.52. The van der Waals surface area contributed by atoms with Gasteiger partial charge in [-0.3, -0.25) is 0 Å². The number of ether oxygens (including phenoxy) is 2. The summed E-state index contributed by atoms with van der Waals surface area (Å²) in [6, 6.07) is 6.18. The molecule has 2 aromatic carbocycles. The summed E-state index contributed by atoms with van der Waals surface area (Å²) in [6.45, 7) is 5.79. The molecule has 0 radical (unpaired) electrons. The molecule has 1 heterocycles. The molecule has 180 valence electrons. The molecule has 0 spiro atoms. The molecule has 0 saturated carbocycles.